The van der Waals surface area contributed by atoms with Crippen molar-refractivity contribution in [3.63, 3.8) is 0 Å². The molecule has 130 valence electrons. The van der Waals surface area contributed by atoms with Crippen LogP contribution in [0, 0.1) is 0 Å². The maximum atomic E-state index is 10.9. The second kappa shape index (κ2) is 9.59. The molecule has 0 amide bonds. The minimum absolute atomic E-state index is 0.109. The molecule has 0 radical (unpaired) electrons. The first kappa shape index (κ1) is 19.5. The van der Waals surface area contributed by atoms with Gasteiger partial charge in [-0.1, -0.05) is 17.7 Å². The van der Waals surface area contributed by atoms with Gasteiger partial charge in [-0.3, -0.25) is 4.99 Å². The molecule has 0 spiro atoms. The monoisotopic (exact) mass is 362 g/mol. The number of hydrogen-bond acceptors (Lipinski definition) is 4. The molecule has 0 atom stereocenters. The fraction of sp³-hybridized carbons (Fsp3) is 0.500. The molecule has 23 heavy (non-hydrogen) atoms. The number of nitrogens with zero attached hydrogens (tertiary/aromatic N) is 1. The van der Waals surface area contributed by atoms with Gasteiger partial charge in [0.1, 0.15) is 5.75 Å². The van der Waals surface area contributed by atoms with Crippen LogP contribution in [0.3, 0.4) is 0 Å². The SMILES string of the molecule is CCNC(=NCCS(N)(=O)=O)NCCc1ccc(OC)cc1Cl. The normalized spacial score (nSPS) is 12.1. The van der Waals surface area contributed by atoms with E-state index in [-0.39, 0.29) is 12.3 Å². The van der Waals surface area contributed by atoms with Gasteiger partial charge in [0.2, 0.25) is 10.0 Å². The summed E-state index contributed by atoms with van der Waals surface area (Å²) in [5.41, 5.74) is 0.986. The van der Waals surface area contributed by atoms with E-state index in [1.54, 1.807) is 13.2 Å². The first-order chi connectivity index (χ1) is 10.9. The summed E-state index contributed by atoms with van der Waals surface area (Å²) in [6.07, 6.45) is 0.697. The summed E-state index contributed by atoms with van der Waals surface area (Å²) >= 11 is 6.18. The highest BCUT2D eigenvalue weighted by molar-refractivity contribution is 7.89. The van der Waals surface area contributed by atoms with Crippen LogP contribution in [0.1, 0.15) is 12.5 Å². The first-order valence-electron chi connectivity index (χ1n) is 7.20. The lowest BCUT2D eigenvalue weighted by Gasteiger charge is -2.12. The van der Waals surface area contributed by atoms with E-state index in [0.29, 0.717) is 36.2 Å². The topological polar surface area (TPSA) is 106 Å². The smallest absolute Gasteiger partial charge is 0.210 e. The van der Waals surface area contributed by atoms with E-state index in [0.717, 1.165) is 5.56 Å². The van der Waals surface area contributed by atoms with Crippen molar-refractivity contribution in [1.29, 1.82) is 0 Å². The zero-order chi connectivity index (χ0) is 17.3. The van der Waals surface area contributed by atoms with Crippen LogP contribution in [-0.2, 0) is 16.4 Å². The van der Waals surface area contributed by atoms with E-state index in [4.69, 9.17) is 21.5 Å². The van der Waals surface area contributed by atoms with E-state index < -0.39 is 10.0 Å². The molecule has 0 aliphatic rings. The lowest BCUT2D eigenvalue weighted by molar-refractivity contribution is 0.414. The van der Waals surface area contributed by atoms with Crippen LogP contribution in [0.4, 0.5) is 0 Å². The highest BCUT2D eigenvalue weighted by Crippen LogP contribution is 2.22. The Kier molecular flexibility index (Phi) is 8.15. The summed E-state index contributed by atoms with van der Waals surface area (Å²) in [6.45, 7) is 3.31. The number of nitrogens with two attached hydrogens (primary N) is 1. The lowest BCUT2D eigenvalue weighted by Crippen LogP contribution is -2.38. The van der Waals surface area contributed by atoms with Crippen molar-refractivity contribution in [1.82, 2.24) is 10.6 Å². The van der Waals surface area contributed by atoms with Gasteiger partial charge in [-0.15, -0.1) is 0 Å². The molecule has 0 unspecified atom stereocenters. The molecule has 0 bridgehead atoms. The Labute approximate surface area is 142 Å². The van der Waals surface area contributed by atoms with E-state index in [9.17, 15) is 8.42 Å². The summed E-state index contributed by atoms with van der Waals surface area (Å²) in [7, 11) is -1.91. The molecule has 4 N–H and O–H groups in total. The predicted molar refractivity (Wildman–Crippen MR) is 93.7 cm³/mol. The Morgan fingerprint density at radius 1 is 1.39 bits per heavy atom. The summed E-state index contributed by atoms with van der Waals surface area (Å²) in [4.78, 5) is 4.16. The lowest BCUT2D eigenvalue weighted by atomic mass is 10.1. The average Bonchev–Trinajstić information content (AvgIpc) is 2.47. The first-order valence-corrected chi connectivity index (χ1v) is 9.30. The Morgan fingerprint density at radius 3 is 2.70 bits per heavy atom. The van der Waals surface area contributed by atoms with Crippen molar-refractivity contribution in [2.75, 3.05) is 32.5 Å². The van der Waals surface area contributed by atoms with Gasteiger partial charge in [0.05, 0.1) is 19.4 Å². The molecule has 0 aliphatic carbocycles. The molecule has 0 saturated carbocycles. The Hall–Kier alpha value is -1.51. The maximum Gasteiger partial charge on any atom is 0.210 e. The average molecular weight is 363 g/mol. The fourth-order valence-electron chi connectivity index (χ4n) is 1.80. The van der Waals surface area contributed by atoms with Crippen molar-refractivity contribution in [3.05, 3.63) is 28.8 Å². The number of methoxy groups -OCH3 is 1. The van der Waals surface area contributed by atoms with Crippen LogP contribution in [0.25, 0.3) is 0 Å². The molecular weight excluding hydrogens is 340 g/mol. The molecule has 0 fully saturated rings. The van der Waals surface area contributed by atoms with Crippen molar-refractivity contribution in [2.24, 2.45) is 10.1 Å². The van der Waals surface area contributed by atoms with Gasteiger partial charge < -0.3 is 15.4 Å². The number of primary sulfonamides is 1. The van der Waals surface area contributed by atoms with Crippen LogP contribution in [-0.4, -0.2) is 46.9 Å². The quantitative estimate of drug-likeness (QED) is 0.467. The molecule has 1 aromatic carbocycles. The standard InChI is InChI=1S/C14H23ClN4O3S/c1-3-17-14(19-8-9-23(16,20)21)18-7-6-11-4-5-12(22-2)10-13(11)15/h4-5,10H,3,6-9H2,1-2H3,(H2,16,20,21)(H2,17,18,19). The molecular formula is C14H23ClN4O3S. The summed E-state index contributed by atoms with van der Waals surface area (Å²) in [5, 5.41) is 11.8. The van der Waals surface area contributed by atoms with Gasteiger partial charge >= 0.3 is 0 Å². The number of nitrogens with one attached hydrogen (secondary N) is 2. The number of rotatable bonds is 8. The van der Waals surface area contributed by atoms with Crippen LogP contribution < -0.4 is 20.5 Å². The van der Waals surface area contributed by atoms with Gasteiger partial charge in [0.15, 0.2) is 5.96 Å². The van der Waals surface area contributed by atoms with Crippen molar-refractivity contribution < 1.29 is 13.2 Å². The largest absolute Gasteiger partial charge is 0.497 e. The number of ether oxygens (including phenoxy) is 1. The minimum atomic E-state index is -3.50. The van der Waals surface area contributed by atoms with E-state index in [2.05, 4.69) is 15.6 Å². The molecule has 0 saturated heterocycles. The molecule has 1 rings (SSSR count). The fourth-order valence-corrected chi connectivity index (χ4v) is 2.41. The summed E-state index contributed by atoms with van der Waals surface area (Å²) < 4.78 is 26.9. The summed E-state index contributed by atoms with van der Waals surface area (Å²) in [5.74, 6) is 1.07. The predicted octanol–water partition coefficient (Wildman–Crippen LogP) is 0.735. The highest BCUT2D eigenvalue weighted by Gasteiger charge is 2.05. The number of sulfonamides is 1. The number of halogens is 1. The van der Waals surface area contributed by atoms with Gasteiger partial charge in [-0.25, -0.2) is 13.6 Å². The molecule has 0 aromatic heterocycles. The number of hydrogen-bond donors (Lipinski definition) is 3. The van der Waals surface area contributed by atoms with Gasteiger partial charge in [-0.05, 0) is 31.0 Å². The molecule has 1 aromatic rings. The van der Waals surface area contributed by atoms with Crippen LogP contribution in [0.15, 0.2) is 23.2 Å². The molecule has 0 aliphatic heterocycles. The van der Waals surface area contributed by atoms with E-state index >= 15 is 0 Å². The third kappa shape index (κ3) is 8.06. The molecule has 9 heteroatoms. The van der Waals surface area contributed by atoms with E-state index in [1.165, 1.54) is 0 Å². The Balaban J connectivity index is 2.53. The molecule has 7 nitrogen and oxygen atoms in total. The minimum Gasteiger partial charge on any atom is -0.497 e. The van der Waals surface area contributed by atoms with Crippen LogP contribution in [0.5, 0.6) is 5.75 Å². The second-order valence-electron chi connectivity index (χ2n) is 4.76. The zero-order valence-corrected chi connectivity index (χ0v) is 14.9. The number of guanidine groups is 1. The Bertz CT molecular complexity index is 635. The van der Waals surface area contributed by atoms with Crippen molar-refractivity contribution in [2.45, 2.75) is 13.3 Å². The van der Waals surface area contributed by atoms with Gasteiger partial charge in [0, 0.05) is 18.1 Å². The van der Waals surface area contributed by atoms with Crippen molar-refractivity contribution >= 4 is 27.6 Å². The second-order valence-corrected chi connectivity index (χ2v) is 6.90. The van der Waals surface area contributed by atoms with E-state index in [1.807, 2.05) is 19.1 Å². The molecule has 0 heterocycles. The number of aliphatic imine (C=N–C) groups is 1. The third-order valence-electron chi connectivity index (χ3n) is 2.94. The highest BCUT2D eigenvalue weighted by atomic mass is 35.5. The maximum absolute atomic E-state index is 10.9. The number of benzene rings is 1. The van der Waals surface area contributed by atoms with Crippen molar-refractivity contribution in [3.8, 4) is 5.75 Å². The zero-order valence-electron chi connectivity index (χ0n) is 13.3. The van der Waals surface area contributed by atoms with Crippen LogP contribution >= 0.6 is 11.6 Å². The summed E-state index contributed by atoms with van der Waals surface area (Å²) in [6, 6.07) is 5.53. The van der Waals surface area contributed by atoms with Gasteiger partial charge in [0.25, 0.3) is 0 Å². The van der Waals surface area contributed by atoms with Crippen LogP contribution in [0.2, 0.25) is 5.02 Å². The van der Waals surface area contributed by atoms with Gasteiger partial charge in [-0.2, -0.15) is 0 Å². The third-order valence-corrected chi connectivity index (χ3v) is 4.04. The Morgan fingerprint density at radius 2 is 2.13 bits per heavy atom.